The first-order chi connectivity index (χ1) is 8.26. The Kier molecular flexibility index (Phi) is 4.67. The van der Waals surface area contributed by atoms with Crippen molar-refractivity contribution in [3.63, 3.8) is 0 Å². The molecule has 98 valence electrons. The summed E-state index contributed by atoms with van der Waals surface area (Å²) in [6, 6.07) is 0.640. The SMILES string of the molecule is CNC(C1=CCCCCC1)C1(C)CCCCC1. The van der Waals surface area contributed by atoms with Crippen molar-refractivity contribution >= 4 is 0 Å². The van der Waals surface area contributed by atoms with E-state index < -0.39 is 0 Å². The summed E-state index contributed by atoms with van der Waals surface area (Å²) in [5, 5.41) is 3.64. The lowest BCUT2D eigenvalue weighted by Gasteiger charge is -2.42. The van der Waals surface area contributed by atoms with E-state index in [0.29, 0.717) is 11.5 Å². The van der Waals surface area contributed by atoms with Crippen molar-refractivity contribution in [2.75, 3.05) is 7.05 Å². The molecular weight excluding hydrogens is 206 g/mol. The lowest BCUT2D eigenvalue weighted by molar-refractivity contribution is 0.167. The van der Waals surface area contributed by atoms with Gasteiger partial charge in [-0.25, -0.2) is 0 Å². The van der Waals surface area contributed by atoms with E-state index in [9.17, 15) is 0 Å². The van der Waals surface area contributed by atoms with Gasteiger partial charge in [0.05, 0.1) is 0 Å². The van der Waals surface area contributed by atoms with Gasteiger partial charge in [0.25, 0.3) is 0 Å². The lowest BCUT2D eigenvalue weighted by Crippen LogP contribution is -2.44. The maximum atomic E-state index is 3.64. The Morgan fingerprint density at radius 3 is 2.47 bits per heavy atom. The fraction of sp³-hybridized carbons (Fsp3) is 0.875. The summed E-state index contributed by atoms with van der Waals surface area (Å²) in [5.41, 5.74) is 2.23. The van der Waals surface area contributed by atoms with E-state index in [1.807, 2.05) is 0 Å². The quantitative estimate of drug-likeness (QED) is 0.713. The van der Waals surface area contributed by atoms with E-state index in [0.717, 1.165) is 0 Å². The van der Waals surface area contributed by atoms with Crippen LogP contribution in [0.25, 0.3) is 0 Å². The van der Waals surface area contributed by atoms with Crippen molar-refractivity contribution in [2.24, 2.45) is 5.41 Å². The van der Waals surface area contributed by atoms with Crippen molar-refractivity contribution in [1.82, 2.24) is 5.32 Å². The summed E-state index contributed by atoms with van der Waals surface area (Å²) in [7, 11) is 2.16. The second-order valence-corrected chi connectivity index (χ2v) is 6.31. The number of hydrogen-bond donors (Lipinski definition) is 1. The standard InChI is InChI=1S/C16H29N/c1-16(12-8-5-9-13-16)15(17-2)14-10-6-3-4-7-11-14/h10,15,17H,3-9,11-13H2,1-2H3. The Bertz CT molecular complexity index is 261. The first-order valence-electron chi connectivity index (χ1n) is 7.62. The van der Waals surface area contributed by atoms with Gasteiger partial charge in [-0.05, 0) is 51.0 Å². The first kappa shape index (κ1) is 13.1. The van der Waals surface area contributed by atoms with Gasteiger partial charge < -0.3 is 5.32 Å². The average Bonchev–Trinajstić information content (AvgIpc) is 2.60. The number of allylic oxidation sites excluding steroid dienone is 1. The highest BCUT2D eigenvalue weighted by Crippen LogP contribution is 2.42. The first-order valence-corrected chi connectivity index (χ1v) is 7.62. The second-order valence-electron chi connectivity index (χ2n) is 6.31. The van der Waals surface area contributed by atoms with Crippen molar-refractivity contribution in [1.29, 1.82) is 0 Å². The Hall–Kier alpha value is -0.300. The minimum absolute atomic E-state index is 0.517. The molecule has 1 heteroatoms. The van der Waals surface area contributed by atoms with Crippen LogP contribution in [0.3, 0.4) is 0 Å². The Morgan fingerprint density at radius 1 is 1.06 bits per heavy atom. The molecule has 2 aliphatic carbocycles. The van der Waals surface area contributed by atoms with Crippen molar-refractivity contribution in [2.45, 2.75) is 77.2 Å². The summed E-state index contributed by atoms with van der Waals surface area (Å²) < 4.78 is 0. The molecule has 0 aliphatic heterocycles. The van der Waals surface area contributed by atoms with E-state index >= 15 is 0 Å². The molecule has 17 heavy (non-hydrogen) atoms. The molecule has 0 aromatic rings. The molecule has 2 aliphatic rings. The summed E-state index contributed by atoms with van der Waals surface area (Å²) >= 11 is 0. The maximum absolute atomic E-state index is 3.64. The molecule has 2 rings (SSSR count). The van der Waals surface area contributed by atoms with Gasteiger partial charge in [-0.15, -0.1) is 0 Å². The minimum Gasteiger partial charge on any atom is -0.313 e. The summed E-state index contributed by atoms with van der Waals surface area (Å²) in [5.74, 6) is 0. The third kappa shape index (κ3) is 3.13. The zero-order valence-corrected chi connectivity index (χ0v) is 11.7. The molecule has 0 spiro atoms. The molecule has 0 amide bonds. The molecule has 1 unspecified atom stereocenters. The van der Waals surface area contributed by atoms with E-state index in [1.165, 1.54) is 64.2 Å². The Morgan fingerprint density at radius 2 is 1.76 bits per heavy atom. The van der Waals surface area contributed by atoms with Gasteiger partial charge in [-0.3, -0.25) is 0 Å². The summed E-state index contributed by atoms with van der Waals surface area (Å²) in [6.07, 6.45) is 16.6. The van der Waals surface area contributed by atoms with Gasteiger partial charge in [0, 0.05) is 6.04 Å². The smallest absolute Gasteiger partial charge is 0.0330 e. The third-order valence-corrected chi connectivity index (χ3v) is 4.93. The summed E-state index contributed by atoms with van der Waals surface area (Å²) in [4.78, 5) is 0. The second kappa shape index (κ2) is 6.04. The molecule has 0 radical (unpaired) electrons. The molecule has 1 fully saturated rings. The van der Waals surface area contributed by atoms with Crippen molar-refractivity contribution < 1.29 is 0 Å². The average molecular weight is 235 g/mol. The largest absolute Gasteiger partial charge is 0.313 e. The number of rotatable bonds is 3. The van der Waals surface area contributed by atoms with Crippen LogP contribution in [0.1, 0.15) is 71.1 Å². The van der Waals surface area contributed by atoms with Crippen LogP contribution in [-0.4, -0.2) is 13.1 Å². The molecule has 0 aromatic carbocycles. The van der Waals surface area contributed by atoms with E-state index in [2.05, 4.69) is 25.4 Å². The molecule has 0 heterocycles. The zero-order chi connectivity index (χ0) is 12.1. The normalized spacial score (nSPS) is 27.1. The maximum Gasteiger partial charge on any atom is 0.0330 e. The van der Waals surface area contributed by atoms with Crippen LogP contribution in [0, 0.1) is 5.41 Å². The number of hydrogen-bond acceptors (Lipinski definition) is 1. The third-order valence-electron chi connectivity index (χ3n) is 4.93. The molecule has 1 saturated carbocycles. The van der Waals surface area contributed by atoms with Crippen LogP contribution >= 0.6 is 0 Å². The van der Waals surface area contributed by atoms with Gasteiger partial charge in [0.15, 0.2) is 0 Å². The highest BCUT2D eigenvalue weighted by Gasteiger charge is 2.36. The van der Waals surface area contributed by atoms with Crippen LogP contribution in [0.15, 0.2) is 11.6 Å². The number of likely N-dealkylation sites (N-methyl/N-ethyl adjacent to an activating group) is 1. The van der Waals surface area contributed by atoms with Crippen molar-refractivity contribution in [3.05, 3.63) is 11.6 Å². The van der Waals surface area contributed by atoms with Crippen LogP contribution in [-0.2, 0) is 0 Å². The summed E-state index contributed by atoms with van der Waals surface area (Å²) in [6.45, 7) is 2.51. The predicted molar refractivity (Wildman–Crippen MR) is 75.2 cm³/mol. The zero-order valence-electron chi connectivity index (χ0n) is 11.7. The number of nitrogens with one attached hydrogen (secondary N) is 1. The van der Waals surface area contributed by atoms with Crippen LogP contribution in [0.5, 0.6) is 0 Å². The fourth-order valence-corrected chi connectivity index (χ4v) is 3.93. The Balaban J connectivity index is 2.10. The fourth-order valence-electron chi connectivity index (χ4n) is 3.93. The topological polar surface area (TPSA) is 12.0 Å². The monoisotopic (exact) mass is 235 g/mol. The van der Waals surface area contributed by atoms with E-state index in [1.54, 1.807) is 5.57 Å². The van der Waals surface area contributed by atoms with Crippen LogP contribution in [0.2, 0.25) is 0 Å². The molecule has 1 atom stereocenters. The lowest BCUT2D eigenvalue weighted by atomic mass is 9.68. The molecule has 0 saturated heterocycles. The van der Waals surface area contributed by atoms with Gasteiger partial charge in [0.1, 0.15) is 0 Å². The molecule has 1 nitrogen and oxygen atoms in total. The predicted octanol–water partition coefficient (Wildman–Crippen LogP) is 4.44. The highest BCUT2D eigenvalue weighted by atomic mass is 14.9. The van der Waals surface area contributed by atoms with Gasteiger partial charge in [-0.1, -0.05) is 44.3 Å². The van der Waals surface area contributed by atoms with Crippen LogP contribution < -0.4 is 5.32 Å². The Labute approximate surface area is 107 Å². The van der Waals surface area contributed by atoms with Gasteiger partial charge in [-0.2, -0.15) is 0 Å². The van der Waals surface area contributed by atoms with E-state index in [-0.39, 0.29) is 0 Å². The molecule has 1 N–H and O–H groups in total. The van der Waals surface area contributed by atoms with Crippen molar-refractivity contribution in [3.8, 4) is 0 Å². The minimum atomic E-state index is 0.517. The highest BCUT2D eigenvalue weighted by molar-refractivity contribution is 5.17. The van der Waals surface area contributed by atoms with Gasteiger partial charge >= 0.3 is 0 Å². The molecule has 0 aromatic heterocycles. The molecule has 0 bridgehead atoms. The van der Waals surface area contributed by atoms with E-state index in [4.69, 9.17) is 0 Å². The van der Waals surface area contributed by atoms with Crippen LogP contribution in [0.4, 0.5) is 0 Å². The van der Waals surface area contributed by atoms with Gasteiger partial charge in [0.2, 0.25) is 0 Å². The molecular formula is C16H29N.